The number of anilines is 1. The van der Waals surface area contributed by atoms with Crippen molar-refractivity contribution in [3.8, 4) is 0 Å². The van der Waals surface area contributed by atoms with E-state index in [0.29, 0.717) is 0 Å². The molecule has 0 aliphatic heterocycles. The van der Waals surface area contributed by atoms with E-state index in [-0.39, 0.29) is 5.91 Å². The minimum absolute atomic E-state index is 0.0978. The maximum absolute atomic E-state index is 12.8. The molecule has 0 fully saturated rings. The molecule has 0 aromatic heterocycles. The molecule has 116 valence electrons. The molecule has 1 unspecified atom stereocenters. The lowest BCUT2D eigenvalue weighted by molar-refractivity contribution is -0.128. The summed E-state index contributed by atoms with van der Waals surface area (Å²) in [6, 6.07) is 13.7. The summed E-state index contributed by atoms with van der Waals surface area (Å²) in [5.41, 5.74) is 3.93. The molecule has 2 aromatic carbocycles. The average molecular weight is 362 g/mol. The van der Waals surface area contributed by atoms with Crippen LogP contribution in [0, 0.1) is 13.8 Å². The molecular weight excluding hydrogens is 342 g/mol. The molecular formula is C18H20BrNO2. The van der Waals surface area contributed by atoms with Gasteiger partial charge in [-0.05, 0) is 47.5 Å². The molecule has 2 aromatic rings. The van der Waals surface area contributed by atoms with Crippen molar-refractivity contribution in [2.75, 3.05) is 19.1 Å². The zero-order valence-corrected chi connectivity index (χ0v) is 14.8. The van der Waals surface area contributed by atoms with Crippen LogP contribution in [0.5, 0.6) is 0 Å². The van der Waals surface area contributed by atoms with Crippen molar-refractivity contribution in [1.29, 1.82) is 0 Å². The SMILES string of the molecule is COC(C(=O)N(C)c1ccccc1Br)c1cc(C)cc(C)c1. The van der Waals surface area contributed by atoms with Gasteiger partial charge in [0.15, 0.2) is 6.10 Å². The second kappa shape index (κ2) is 7.07. The summed E-state index contributed by atoms with van der Waals surface area (Å²) in [7, 11) is 3.32. The van der Waals surface area contributed by atoms with Crippen LogP contribution in [0.2, 0.25) is 0 Å². The maximum Gasteiger partial charge on any atom is 0.260 e. The predicted molar refractivity (Wildman–Crippen MR) is 93.2 cm³/mol. The van der Waals surface area contributed by atoms with E-state index < -0.39 is 6.10 Å². The molecule has 0 saturated carbocycles. The third-order valence-corrected chi connectivity index (χ3v) is 4.22. The summed E-state index contributed by atoms with van der Waals surface area (Å²) in [6.45, 7) is 4.04. The number of likely N-dealkylation sites (N-methyl/N-ethyl adjacent to an activating group) is 1. The standard InChI is InChI=1S/C18H20BrNO2/c1-12-9-13(2)11-14(10-12)17(22-4)18(21)20(3)16-8-6-5-7-15(16)19/h5-11,17H,1-4H3. The molecule has 0 spiro atoms. The van der Waals surface area contributed by atoms with Gasteiger partial charge in [0.2, 0.25) is 0 Å². The molecule has 3 nitrogen and oxygen atoms in total. The van der Waals surface area contributed by atoms with Crippen molar-refractivity contribution in [1.82, 2.24) is 0 Å². The predicted octanol–water partition coefficient (Wildman–Crippen LogP) is 4.42. The van der Waals surface area contributed by atoms with Crippen LogP contribution in [0.3, 0.4) is 0 Å². The van der Waals surface area contributed by atoms with Gasteiger partial charge in [0.1, 0.15) is 0 Å². The van der Waals surface area contributed by atoms with Gasteiger partial charge in [0, 0.05) is 18.6 Å². The summed E-state index contributed by atoms with van der Waals surface area (Å²) in [4.78, 5) is 14.5. The van der Waals surface area contributed by atoms with Crippen LogP contribution in [0.15, 0.2) is 46.9 Å². The lowest BCUT2D eigenvalue weighted by Crippen LogP contribution is -2.32. The normalized spacial score (nSPS) is 12.0. The Morgan fingerprint density at radius 3 is 2.27 bits per heavy atom. The largest absolute Gasteiger partial charge is 0.367 e. The van der Waals surface area contributed by atoms with Gasteiger partial charge in [0.25, 0.3) is 5.91 Å². The Labute approximate surface area is 140 Å². The first kappa shape index (κ1) is 16.7. The zero-order chi connectivity index (χ0) is 16.3. The van der Waals surface area contributed by atoms with Gasteiger partial charge in [0.05, 0.1) is 5.69 Å². The highest BCUT2D eigenvalue weighted by molar-refractivity contribution is 9.10. The van der Waals surface area contributed by atoms with E-state index in [9.17, 15) is 4.79 Å². The van der Waals surface area contributed by atoms with Crippen molar-refractivity contribution in [3.63, 3.8) is 0 Å². The van der Waals surface area contributed by atoms with E-state index in [1.54, 1.807) is 19.1 Å². The molecule has 0 aliphatic rings. The quantitative estimate of drug-likeness (QED) is 0.806. The Morgan fingerprint density at radius 2 is 1.73 bits per heavy atom. The topological polar surface area (TPSA) is 29.5 Å². The minimum atomic E-state index is -0.615. The van der Waals surface area contributed by atoms with Crippen LogP contribution in [-0.4, -0.2) is 20.1 Å². The van der Waals surface area contributed by atoms with Gasteiger partial charge in [-0.25, -0.2) is 0 Å². The minimum Gasteiger partial charge on any atom is -0.367 e. The second-order valence-electron chi connectivity index (χ2n) is 5.39. The fourth-order valence-corrected chi connectivity index (χ4v) is 3.11. The first-order valence-corrected chi connectivity index (χ1v) is 7.86. The van der Waals surface area contributed by atoms with E-state index in [4.69, 9.17) is 4.74 Å². The number of para-hydroxylation sites is 1. The first-order chi connectivity index (χ1) is 10.4. The molecule has 0 saturated heterocycles. The molecule has 0 heterocycles. The summed E-state index contributed by atoms with van der Waals surface area (Å²) < 4.78 is 6.36. The van der Waals surface area contributed by atoms with Crippen LogP contribution in [0.1, 0.15) is 22.8 Å². The number of amides is 1. The molecule has 0 radical (unpaired) electrons. The third-order valence-electron chi connectivity index (χ3n) is 3.55. The first-order valence-electron chi connectivity index (χ1n) is 7.07. The summed E-state index contributed by atoms with van der Waals surface area (Å²) in [6.07, 6.45) is -0.615. The fourth-order valence-electron chi connectivity index (χ4n) is 2.56. The van der Waals surface area contributed by atoms with Crippen LogP contribution >= 0.6 is 15.9 Å². The van der Waals surface area contributed by atoms with Crippen molar-refractivity contribution >= 4 is 27.5 Å². The number of hydrogen-bond donors (Lipinski definition) is 0. The van der Waals surface area contributed by atoms with E-state index in [1.807, 2.05) is 50.2 Å². The number of carbonyl (C=O) groups is 1. The Morgan fingerprint density at radius 1 is 1.14 bits per heavy atom. The molecule has 22 heavy (non-hydrogen) atoms. The van der Waals surface area contributed by atoms with Crippen molar-refractivity contribution in [2.45, 2.75) is 20.0 Å². The van der Waals surface area contributed by atoms with Crippen molar-refractivity contribution in [2.24, 2.45) is 0 Å². The maximum atomic E-state index is 12.8. The van der Waals surface area contributed by atoms with E-state index >= 15 is 0 Å². The number of nitrogens with zero attached hydrogens (tertiary/aromatic N) is 1. The summed E-state index contributed by atoms with van der Waals surface area (Å²) >= 11 is 3.48. The second-order valence-corrected chi connectivity index (χ2v) is 6.24. The smallest absolute Gasteiger partial charge is 0.260 e. The van der Waals surface area contributed by atoms with Gasteiger partial charge >= 0.3 is 0 Å². The number of methoxy groups -OCH3 is 1. The Hall–Kier alpha value is -1.65. The van der Waals surface area contributed by atoms with Crippen LogP contribution in [-0.2, 0) is 9.53 Å². The number of ether oxygens (including phenoxy) is 1. The molecule has 0 N–H and O–H groups in total. The number of hydrogen-bond acceptors (Lipinski definition) is 2. The number of carbonyl (C=O) groups excluding carboxylic acids is 1. The van der Waals surface area contributed by atoms with Crippen LogP contribution in [0.25, 0.3) is 0 Å². The highest BCUT2D eigenvalue weighted by Crippen LogP contribution is 2.29. The Kier molecular flexibility index (Phi) is 5.37. The number of benzene rings is 2. The molecule has 0 aliphatic carbocycles. The van der Waals surface area contributed by atoms with E-state index in [1.165, 1.54) is 0 Å². The lowest BCUT2D eigenvalue weighted by atomic mass is 10.0. The van der Waals surface area contributed by atoms with Crippen molar-refractivity contribution in [3.05, 3.63) is 63.6 Å². The highest BCUT2D eigenvalue weighted by Gasteiger charge is 2.25. The molecule has 0 bridgehead atoms. The zero-order valence-electron chi connectivity index (χ0n) is 13.3. The Balaban J connectivity index is 2.34. The number of rotatable bonds is 4. The molecule has 1 amide bonds. The Bertz CT molecular complexity index is 664. The van der Waals surface area contributed by atoms with Gasteiger partial charge in [-0.15, -0.1) is 0 Å². The average Bonchev–Trinajstić information content (AvgIpc) is 2.46. The van der Waals surface area contributed by atoms with E-state index in [0.717, 1.165) is 26.9 Å². The van der Waals surface area contributed by atoms with Gasteiger partial charge < -0.3 is 9.64 Å². The van der Waals surface area contributed by atoms with E-state index in [2.05, 4.69) is 22.0 Å². The number of aryl methyl sites for hydroxylation is 2. The van der Waals surface area contributed by atoms with Crippen LogP contribution in [0.4, 0.5) is 5.69 Å². The highest BCUT2D eigenvalue weighted by atomic mass is 79.9. The fraction of sp³-hybridized carbons (Fsp3) is 0.278. The third kappa shape index (κ3) is 3.57. The molecule has 1 atom stereocenters. The summed E-state index contributed by atoms with van der Waals surface area (Å²) in [5, 5.41) is 0. The van der Waals surface area contributed by atoms with Crippen molar-refractivity contribution < 1.29 is 9.53 Å². The molecule has 4 heteroatoms. The summed E-state index contributed by atoms with van der Waals surface area (Å²) in [5.74, 6) is -0.0978. The lowest BCUT2D eigenvalue weighted by Gasteiger charge is -2.24. The van der Waals surface area contributed by atoms with Gasteiger partial charge in [-0.2, -0.15) is 0 Å². The van der Waals surface area contributed by atoms with Gasteiger partial charge in [-0.3, -0.25) is 4.79 Å². The van der Waals surface area contributed by atoms with Gasteiger partial charge in [-0.1, -0.05) is 41.5 Å². The monoisotopic (exact) mass is 361 g/mol. The van der Waals surface area contributed by atoms with Crippen LogP contribution < -0.4 is 4.90 Å². The number of halogens is 1. The molecule has 2 rings (SSSR count).